The Hall–Kier alpha value is -1.41. The van der Waals surface area contributed by atoms with Crippen LogP contribution in [0.3, 0.4) is 0 Å². The quantitative estimate of drug-likeness (QED) is 0.617. The Balaban J connectivity index is 1.33. The smallest absolute Gasteiger partial charge is 0.243 e. The van der Waals surface area contributed by atoms with Crippen LogP contribution in [0.25, 0.3) is 0 Å². The molecule has 0 spiro atoms. The van der Waals surface area contributed by atoms with Crippen LogP contribution in [-0.4, -0.2) is 50.4 Å². The Morgan fingerprint density at radius 1 is 1.07 bits per heavy atom. The first kappa shape index (κ1) is 20.8. The van der Waals surface area contributed by atoms with Gasteiger partial charge < -0.3 is 9.64 Å². The lowest BCUT2D eigenvalue weighted by Crippen LogP contribution is -2.35. The number of hydrogen-bond donors (Lipinski definition) is 0. The summed E-state index contributed by atoms with van der Waals surface area (Å²) in [7, 11) is -3.45. The van der Waals surface area contributed by atoms with Crippen molar-refractivity contribution in [3.63, 3.8) is 0 Å². The predicted octanol–water partition coefficient (Wildman–Crippen LogP) is 4.06. The Morgan fingerprint density at radius 3 is 2.59 bits per heavy atom. The van der Waals surface area contributed by atoms with Gasteiger partial charge in [-0.2, -0.15) is 4.31 Å². The molecule has 1 fully saturated rings. The van der Waals surface area contributed by atoms with Crippen molar-refractivity contribution < 1.29 is 13.2 Å². The molecule has 0 aliphatic carbocycles. The Kier molecular flexibility index (Phi) is 6.59. The summed E-state index contributed by atoms with van der Waals surface area (Å²) in [6, 6.07) is 9.14. The summed E-state index contributed by atoms with van der Waals surface area (Å²) in [5.74, 6) is 0. The Bertz CT molecular complexity index is 916. The second kappa shape index (κ2) is 9.16. The monoisotopic (exact) mass is 434 g/mol. The maximum atomic E-state index is 13.0. The lowest BCUT2D eigenvalue weighted by Gasteiger charge is -2.26. The van der Waals surface area contributed by atoms with Crippen LogP contribution in [0.1, 0.15) is 41.7 Å². The first-order valence-corrected chi connectivity index (χ1v) is 12.8. The number of likely N-dealkylation sites (tertiary alicyclic amines) is 1. The van der Waals surface area contributed by atoms with E-state index in [0.29, 0.717) is 18.0 Å². The van der Waals surface area contributed by atoms with Crippen molar-refractivity contribution in [3.05, 3.63) is 46.3 Å². The van der Waals surface area contributed by atoms with E-state index in [2.05, 4.69) is 4.90 Å². The molecule has 1 aromatic carbocycles. The van der Waals surface area contributed by atoms with Gasteiger partial charge in [-0.3, -0.25) is 0 Å². The zero-order valence-corrected chi connectivity index (χ0v) is 18.7. The molecule has 4 rings (SSSR count). The van der Waals surface area contributed by atoms with Gasteiger partial charge in [0.1, 0.15) is 0 Å². The van der Waals surface area contributed by atoms with Crippen molar-refractivity contribution >= 4 is 21.4 Å². The first-order valence-electron chi connectivity index (χ1n) is 10.6. The second-order valence-corrected chi connectivity index (χ2v) is 11.1. The van der Waals surface area contributed by atoms with Crippen molar-refractivity contribution in [1.29, 1.82) is 0 Å². The van der Waals surface area contributed by atoms with E-state index >= 15 is 0 Å². The summed E-state index contributed by atoms with van der Waals surface area (Å²) in [5.41, 5.74) is 2.15. The molecule has 0 amide bonds. The number of ether oxygens (including phenoxy) is 1. The predicted molar refractivity (Wildman–Crippen MR) is 117 cm³/mol. The third-order valence-electron chi connectivity index (χ3n) is 5.78. The molecule has 0 unspecified atom stereocenters. The van der Waals surface area contributed by atoms with Crippen molar-refractivity contribution in [2.75, 3.05) is 32.8 Å². The molecule has 2 aromatic rings. The molecule has 2 aliphatic heterocycles. The molecule has 0 bridgehead atoms. The van der Waals surface area contributed by atoms with Gasteiger partial charge in [-0.15, -0.1) is 11.3 Å². The highest BCUT2D eigenvalue weighted by atomic mass is 32.2. The summed E-state index contributed by atoms with van der Waals surface area (Å²) >= 11 is 1.67. The zero-order valence-electron chi connectivity index (χ0n) is 17.1. The molecule has 1 saturated heterocycles. The van der Waals surface area contributed by atoms with Gasteiger partial charge in [-0.1, -0.05) is 24.1 Å². The SMILES string of the molecule is Cc1ccc(S(=O)(=O)N2CCc3sc(OCCCN4CCCCC4)cc3C2)cc1. The number of sulfonamides is 1. The van der Waals surface area contributed by atoms with Gasteiger partial charge in [0.2, 0.25) is 10.0 Å². The number of nitrogens with zero attached hydrogens (tertiary/aromatic N) is 2. The minimum absolute atomic E-state index is 0.371. The van der Waals surface area contributed by atoms with Gasteiger partial charge in [-0.05, 0) is 69.5 Å². The number of piperidine rings is 1. The van der Waals surface area contributed by atoms with Crippen molar-refractivity contribution in [1.82, 2.24) is 9.21 Å². The van der Waals surface area contributed by atoms with Gasteiger partial charge >= 0.3 is 0 Å². The van der Waals surface area contributed by atoms with E-state index in [0.717, 1.165) is 42.2 Å². The number of thiophene rings is 1. The fraction of sp³-hybridized carbons (Fsp3) is 0.545. The fourth-order valence-electron chi connectivity index (χ4n) is 4.06. The van der Waals surface area contributed by atoms with Crippen LogP contribution in [0.15, 0.2) is 35.2 Å². The number of aryl methyl sites for hydroxylation is 1. The molecule has 5 nitrogen and oxygen atoms in total. The molecule has 0 atom stereocenters. The summed E-state index contributed by atoms with van der Waals surface area (Å²) in [6.07, 6.45) is 5.80. The summed E-state index contributed by atoms with van der Waals surface area (Å²) in [6.45, 7) is 7.19. The molecular weight excluding hydrogens is 404 g/mol. The lowest BCUT2D eigenvalue weighted by atomic mass is 10.1. The van der Waals surface area contributed by atoms with Gasteiger partial charge in [0.25, 0.3) is 0 Å². The van der Waals surface area contributed by atoms with Crippen LogP contribution >= 0.6 is 11.3 Å². The van der Waals surface area contributed by atoms with Crippen molar-refractivity contribution in [3.8, 4) is 5.06 Å². The highest BCUT2D eigenvalue weighted by molar-refractivity contribution is 7.89. The van der Waals surface area contributed by atoms with Crippen LogP contribution in [0.4, 0.5) is 0 Å². The highest BCUT2D eigenvalue weighted by Crippen LogP contribution is 2.35. The average Bonchev–Trinajstić information content (AvgIpc) is 3.14. The standard InChI is InChI=1S/C22H30N2O3S2/c1-18-6-8-20(9-7-18)29(25,26)24-14-10-21-19(17-24)16-22(28-21)27-15-5-13-23-11-3-2-4-12-23/h6-9,16H,2-5,10-15,17H2,1H3. The normalized spacial score (nSPS) is 18.5. The van der Waals surface area contributed by atoms with Gasteiger partial charge in [0.05, 0.1) is 11.5 Å². The molecule has 29 heavy (non-hydrogen) atoms. The third kappa shape index (κ3) is 5.02. The van der Waals surface area contributed by atoms with Crippen LogP contribution in [-0.2, 0) is 23.0 Å². The summed E-state index contributed by atoms with van der Waals surface area (Å²) in [5, 5.41) is 0.920. The zero-order chi connectivity index (χ0) is 20.3. The lowest BCUT2D eigenvalue weighted by molar-refractivity contribution is 0.206. The molecule has 0 N–H and O–H groups in total. The van der Waals surface area contributed by atoms with Gasteiger partial charge in [-0.25, -0.2) is 8.42 Å². The minimum atomic E-state index is -3.45. The Morgan fingerprint density at radius 2 is 1.83 bits per heavy atom. The number of fused-ring (bicyclic) bond motifs is 1. The molecule has 1 aromatic heterocycles. The molecule has 7 heteroatoms. The third-order valence-corrected chi connectivity index (χ3v) is 8.79. The minimum Gasteiger partial charge on any atom is -0.484 e. The van der Waals surface area contributed by atoms with E-state index in [-0.39, 0.29) is 0 Å². The number of benzene rings is 1. The van der Waals surface area contributed by atoms with E-state index in [1.807, 2.05) is 25.1 Å². The second-order valence-electron chi connectivity index (χ2n) is 8.02. The van der Waals surface area contributed by atoms with E-state index < -0.39 is 10.0 Å². The average molecular weight is 435 g/mol. The van der Waals surface area contributed by atoms with E-state index in [4.69, 9.17) is 4.74 Å². The van der Waals surface area contributed by atoms with Crippen LogP contribution in [0, 0.1) is 6.92 Å². The number of rotatable bonds is 7. The maximum absolute atomic E-state index is 13.0. The molecular formula is C22H30N2O3S2. The molecule has 158 valence electrons. The number of hydrogen-bond acceptors (Lipinski definition) is 5. The molecule has 2 aliphatic rings. The van der Waals surface area contributed by atoms with Crippen LogP contribution in [0.2, 0.25) is 0 Å². The van der Waals surface area contributed by atoms with E-state index in [1.54, 1.807) is 27.8 Å². The Labute approximate surface area is 178 Å². The van der Waals surface area contributed by atoms with Gasteiger partial charge in [0, 0.05) is 24.5 Å². The summed E-state index contributed by atoms with van der Waals surface area (Å²) < 4.78 is 33.5. The van der Waals surface area contributed by atoms with Crippen molar-refractivity contribution in [2.45, 2.75) is 50.5 Å². The molecule has 0 radical (unpaired) electrons. The van der Waals surface area contributed by atoms with Crippen LogP contribution in [0.5, 0.6) is 5.06 Å². The maximum Gasteiger partial charge on any atom is 0.243 e. The van der Waals surface area contributed by atoms with Crippen LogP contribution < -0.4 is 4.74 Å². The topological polar surface area (TPSA) is 49.9 Å². The van der Waals surface area contributed by atoms with Gasteiger partial charge in [0.15, 0.2) is 5.06 Å². The fourth-order valence-corrected chi connectivity index (χ4v) is 6.51. The molecule has 3 heterocycles. The molecule has 0 saturated carbocycles. The van der Waals surface area contributed by atoms with E-state index in [1.165, 1.54) is 37.2 Å². The summed E-state index contributed by atoms with van der Waals surface area (Å²) in [4.78, 5) is 4.16. The first-order chi connectivity index (χ1) is 14.0. The van der Waals surface area contributed by atoms with E-state index in [9.17, 15) is 8.42 Å². The van der Waals surface area contributed by atoms with Crippen molar-refractivity contribution in [2.24, 2.45) is 0 Å². The largest absolute Gasteiger partial charge is 0.484 e. The highest BCUT2D eigenvalue weighted by Gasteiger charge is 2.29.